The van der Waals surface area contributed by atoms with Gasteiger partial charge in [-0.15, -0.1) is 0 Å². The Labute approximate surface area is 110 Å². The van der Waals surface area contributed by atoms with Crippen molar-refractivity contribution in [3.8, 4) is 0 Å². The highest BCUT2D eigenvalue weighted by Crippen LogP contribution is 2.30. The van der Waals surface area contributed by atoms with Gasteiger partial charge in [-0.2, -0.15) is 0 Å². The first kappa shape index (κ1) is 19.6. The molecule has 3 atom stereocenters. The molecule has 108 valence electrons. The van der Waals surface area contributed by atoms with E-state index in [1.807, 2.05) is 6.92 Å². The van der Waals surface area contributed by atoms with E-state index in [1.54, 1.807) is 0 Å². The molecule has 0 aromatic rings. The number of aliphatic hydroxyl groups excluding tert-OH is 3. The van der Waals surface area contributed by atoms with Gasteiger partial charge in [0.1, 0.15) is 6.10 Å². The van der Waals surface area contributed by atoms with E-state index >= 15 is 0 Å². The minimum absolute atomic E-state index is 0.148. The second-order valence-corrected chi connectivity index (χ2v) is 10.6. The number of rotatable bonds is 6. The molecule has 0 radical (unpaired) electrons. The van der Waals surface area contributed by atoms with E-state index in [9.17, 15) is 15.0 Å². The molecule has 0 aromatic heterocycles. The van der Waals surface area contributed by atoms with Crippen LogP contribution in [0.2, 0.25) is 25.2 Å². The second kappa shape index (κ2) is 9.27. The first-order valence-corrected chi connectivity index (χ1v) is 9.51. The van der Waals surface area contributed by atoms with Crippen LogP contribution in [-0.2, 0) is 4.79 Å². The SMILES string of the molecule is C=CC(=O)O.CCC(C(O)C(O)CO)[Si](C)(C)C. The van der Waals surface area contributed by atoms with Gasteiger partial charge in [0, 0.05) is 6.08 Å². The zero-order valence-electron chi connectivity index (χ0n) is 11.6. The third-order valence-corrected chi connectivity index (χ3v) is 5.69. The molecule has 0 bridgehead atoms. The summed E-state index contributed by atoms with van der Waals surface area (Å²) in [5.74, 6) is -0.981. The van der Waals surface area contributed by atoms with Crippen molar-refractivity contribution in [3.05, 3.63) is 12.7 Å². The average Bonchev–Trinajstić information content (AvgIpc) is 2.27. The first-order chi connectivity index (χ1) is 8.11. The maximum atomic E-state index is 9.74. The largest absolute Gasteiger partial charge is 0.478 e. The number of carbonyl (C=O) groups is 1. The molecule has 0 saturated carbocycles. The Balaban J connectivity index is 0. The van der Waals surface area contributed by atoms with Gasteiger partial charge in [-0.05, 0) is 5.54 Å². The molecule has 0 heterocycles. The first-order valence-electron chi connectivity index (χ1n) is 5.94. The third-order valence-electron chi connectivity index (χ3n) is 2.72. The molecule has 6 heteroatoms. The quantitative estimate of drug-likeness (QED) is 0.430. The van der Waals surface area contributed by atoms with Crippen molar-refractivity contribution in [2.24, 2.45) is 0 Å². The van der Waals surface area contributed by atoms with E-state index in [-0.39, 0.29) is 12.1 Å². The van der Waals surface area contributed by atoms with Crippen molar-refractivity contribution in [3.63, 3.8) is 0 Å². The van der Waals surface area contributed by atoms with Crippen LogP contribution in [0.5, 0.6) is 0 Å². The molecule has 0 saturated heterocycles. The van der Waals surface area contributed by atoms with Crippen LogP contribution in [0, 0.1) is 0 Å². The predicted molar refractivity (Wildman–Crippen MR) is 74.3 cm³/mol. The highest BCUT2D eigenvalue weighted by molar-refractivity contribution is 6.77. The molecule has 4 N–H and O–H groups in total. The maximum Gasteiger partial charge on any atom is 0.327 e. The average molecular weight is 278 g/mol. The summed E-state index contributed by atoms with van der Waals surface area (Å²) in [5, 5.41) is 35.4. The van der Waals surface area contributed by atoms with E-state index in [2.05, 4.69) is 26.2 Å². The van der Waals surface area contributed by atoms with E-state index in [0.717, 1.165) is 12.5 Å². The Hall–Kier alpha value is -0.693. The van der Waals surface area contributed by atoms with Crippen molar-refractivity contribution in [2.45, 2.75) is 50.7 Å². The summed E-state index contributed by atoms with van der Waals surface area (Å²) in [5.41, 5.74) is 0.148. The Morgan fingerprint density at radius 3 is 1.89 bits per heavy atom. The zero-order valence-corrected chi connectivity index (χ0v) is 12.6. The number of aliphatic hydroxyl groups is 3. The Morgan fingerprint density at radius 1 is 1.33 bits per heavy atom. The predicted octanol–water partition coefficient (Wildman–Crippen LogP) is 1.08. The van der Waals surface area contributed by atoms with E-state index in [1.165, 1.54) is 0 Å². The van der Waals surface area contributed by atoms with Crippen molar-refractivity contribution in [1.82, 2.24) is 0 Å². The van der Waals surface area contributed by atoms with Gasteiger partial charge in [0.15, 0.2) is 0 Å². The highest BCUT2D eigenvalue weighted by Gasteiger charge is 2.34. The molecule has 18 heavy (non-hydrogen) atoms. The minimum Gasteiger partial charge on any atom is -0.478 e. The minimum atomic E-state index is -1.45. The van der Waals surface area contributed by atoms with Gasteiger partial charge in [0.05, 0.1) is 20.8 Å². The van der Waals surface area contributed by atoms with Crippen molar-refractivity contribution >= 4 is 14.0 Å². The van der Waals surface area contributed by atoms with Crippen molar-refractivity contribution in [2.75, 3.05) is 6.61 Å². The summed E-state index contributed by atoms with van der Waals surface area (Å²) in [4.78, 5) is 9.25. The van der Waals surface area contributed by atoms with Crippen LogP contribution in [0.15, 0.2) is 12.7 Å². The summed E-state index contributed by atoms with van der Waals surface area (Å²) in [6, 6.07) is 0. The van der Waals surface area contributed by atoms with Gasteiger partial charge >= 0.3 is 5.97 Å². The van der Waals surface area contributed by atoms with Gasteiger partial charge in [0.25, 0.3) is 0 Å². The second-order valence-electron chi connectivity index (χ2n) is 5.16. The summed E-state index contributed by atoms with van der Waals surface area (Å²) in [6.45, 7) is 11.1. The van der Waals surface area contributed by atoms with Crippen LogP contribution in [0.3, 0.4) is 0 Å². The van der Waals surface area contributed by atoms with E-state index in [4.69, 9.17) is 10.2 Å². The number of hydrogen-bond acceptors (Lipinski definition) is 4. The Morgan fingerprint density at radius 2 is 1.72 bits per heavy atom. The number of hydrogen-bond donors (Lipinski definition) is 4. The van der Waals surface area contributed by atoms with Gasteiger partial charge < -0.3 is 20.4 Å². The van der Waals surface area contributed by atoms with Crippen LogP contribution < -0.4 is 0 Å². The van der Waals surface area contributed by atoms with Crippen molar-refractivity contribution < 1.29 is 25.2 Å². The van der Waals surface area contributed by atoms with Gasteiger partial charge in [-0.3, -0.25) is 0 Å². The van der Waals surface area contributed by atoms with E-state index in [0.29, 0.717) is 0 Å². The lowest BCUT2D eigenvalue weighted by Gasteiger charge is -2.34. The molecule has 0 aliphatic rings. The normalized spacial score (nSPS) is 15.9. The fourth-order valence-electron chi connectivity index (χ4n) is 1.74. The van der Waals surface area contributed by atoms with Crippen LogP contribution in [0.4, 0.5) is 0 Å². The van der Waals surface area contributed by atoms with Crippen LogP contribution in [0.25, 0.3) is 0 Å². The van der Waals surface area contributed by atoms with E-state index < -0.39 is 26.3 Å². The fourth-order valence-corrected chi connectivity index (χ4v) is 4.21. The third kappa shape index (κ3) is 8.41. The smallest absolute Gasteiger partial charge is 0.327 e. The molecule has 0 aliphatic heterocycles. The molecule has 0 rings (SSSR count). The molecular weight excluding hydrogens is 252 g/mol. The van der Waals surface area contributed by atoms with Crippen LogP contribution >= 0.6 is 0 Å². The van der Waals surface area contributed by atoms with Gasteiger partial charge in [-0.1, -0.05) is 39.6 Å². The summed E-state index contributed by atoms with van der Waals surface area (Å²) >= 11 is 0. The summed E-state index contributed by atoms with van der Waals surface area (Å²) in [7, 11) is -1.45. The number of aliphatic carboxylic acids is 1. The Kier molecular flexibility index (Phi) is 10.1. The summed E-state index contributed by atoms with van der Waals surface area (Å²) < 4.78 is 0. The lowest BCUT2D eigenvalue weighted by molar-refractivity contribution is -0.131. The number of carboxylic acids is 1. The Bertz CT molecular complexity index is 249. The van der Waals surface area contributed by atoms with Crippen LogP contribution in [-0.4, -0.2) is 53.3 Å². The molecule has 0 aliphatic carbocycles. The molecule has 0 spiro atoms. The lowest BCUT2D eigenvalue weighted by atomic mass is 10.1. The fraction of sp³-hybridized carbons (Fsp3) is 0.750. The van der Waals surface area contributed by atoms with Crippen molar-refractivity contribution in [1.29, 1.82) is 0 Å². The standard InChI is InChI=1S/C9H22O3Si.C3H4O2/c1-5-8(13(2,3)4)9(12)7(11)6-10;1-2-3(4)5/h7-12H,5-6H2,1-4H3;2H,1H2,(H,4,5). The zero-order chi connectivity index (χ0) is 14.9. The highest BCUT2D eigenvalue weighted by atomic mass is 28.3. The monoisotopic (exact) mass is 278 g/mol. The molecule has 0 aromatic carbocycles. The summed E-state index contributed by atoms with van der Waals surface area (Å²) in [6.07, 6.45) is -0.0770. The lowest BCUT2D eigenvalue weighted by Crippen LogP contribution is -2.43. The molecule has 0 amide bonds. The van der Waals surface area contributed by atoms with Gasteiger partial charge in [0.2, 0.25) is 0 Å². The molecular formula is C12H26O5Si. The molecule has 5 nitrogen and oxygen atoms in total. The topological polar surface area (TPSA) is 98.0 Å². The molecule has 0 fully saturated rings. The maximum absolute atomic E-state index is 9.74. The molecule has 3 unspecified atom stereocenters. The number of carboxylic acid groups (broad SMARTS) is 1. The van der Waals surface area contributed by atoms with Gasteiger partial charge in [-0.25, -0.2) is 4.79 Å². The van der Waals surface area contributed by atoms with Crippen LogP contribution in [0.1, 0.15) is 13.3 Å².